The molecule has 0 spiro atoms. The minimum Gasteiger partial charge on any atom is -0.298 e. The van der Waals surface area contributed by atoms with E-state index in [-0.39, 0.29) is 6.29 Å². The Morgan fingerprint density at radius 1 is 1.38 bits per heavy atom. The lowest BCUT2D eigenvalue weighted by molar-refractivity contribution is 0.111. The van der Waals surface area contributed by atoms with Gasteiger partial charge in [0.1, 0.15) is 5.82 Å². The molecule has 70 valence electrons. The first-order valence-corrected chi connectivity index (χ1v) is 3.67. The van der Waals surface area contributed by atoms with Crippen LogP contribution in [-0.4, -0.2) is 6.29 Å². The number of hydrogen-bond acceptors (Lipinski definition) is 1. The molecular weight excluding hydrogens is 205 g/mol. The van der Waals surface area contributed by atoms with E-state index in [1.165, 1.54) is 0 Å². The Bertz CT molecular complexity index is 338. The van der Waals surface area contributed by atoms with Crippen molar-refractivity contribution in [2.45, 2.75) is 6.43 Å². The van der Waals surface area contributed by atoms with Crippen molar-refractivity contribution in [1.29, 1.82) is 0 Å². The van der Waals surface area contributed by atoms with Gasteiger partial charge in [-0.2, -0.15) is 0 Å². The summed E-state index contributed by atoms with van der Waals surface area (Å²) in [7, 11) is 0. The Kier molecular flexibility index (Phi) is 2.93. The van der Waals surface area contributed by atoms with E-state index in [4.69, 9.17) is 11.6 Å². The predicted octanol–water partition coefficient (Wildman–Crippen LogP) is 3.23. The Morgan fingerprint density at radius 3 is 2.46 bits per heavy atom. The molecule has 0 amide bonds. The van der Waals surface area contributed by atoms with E-state index in [9.17, 15) is 18.0 Å². The fourth-order valence-corrected chi connectivity index (χ4v) is 1.14. The SMILES string of the molecule is O=Cc1c(F)ccc(C(F)F)c1Cl. The third kappa shape index (κ3) is 1.83. The smallest absolute Gasteiger partial charge is 0.265 e. The molecule has 0 aromatic heterocycles. The van der Waals surface area contributed by atoms with Crippen LogP contribution in [-0.2, 0) is 0 Å². The average Bonchev–Trinajstić information content (AvgIpc) is 2.04. The van der Waals surface area contributed by atoms with Gasteiger partial charge in [0.15, 0.2) is 6.29 Å². The van der Waals surface area contributed by atoms with E-state index in [0.717, 1.165) is 12.1 Å². The van der Waals surface area contributed by atoms with Crippen LogP contribution in [0, 0.1) is 5.82 Å². The van der Waals surface area contributed by atoms with Gasteiger partial charge in [-0.1, -0.05) is 11.6 Å². The number of hydrogen-bond donors (Lipinski definition) is 0. The molecule has 0 saturated carbocycles. The zero-order valence-electron chi connectivity index (χ0n) is 6.23. The third-order valence-electron chi connectivity index (χ3n) is 1.51. The van der Waals surface area contributed by atoms with Gasteiger partial charge in [-0.15, -0.1) is 0 Å². The molecule has 1 rings (SSSR count). The molecule has 5 heteroatoms. The van der Waals surface area contributed by atoms with Gasteiger partial charge in [0.25, 0.3) is 6.43 Å². The molecule has 1 aromatic rings. The first-order chi connectivity index (χ1) is 6.07. The summed E-state index contributed by atoms with van der Waals surface area (Å²) in [5.74, 6) is -0.899. The Labute approximate surface area is 77.1 Å². The van der Waals surface area contributed by atoms with Crippen LogP contribution in [0.2, 0.25) is 5.02 Å². The second kappa shape index (κ2) is 3.79. The minimum atomic E-state index is -2.81. The van der Waals surface area contributed by atoms with Crippen LogP contribution in [0.1, 0.15) is 22.3 Å². The van der Waals surface area contributed by atoms with Crippen molar-refractivity contribution in [2.75, 3.05) is 0 Å². The Hall–Kier alpha value is -1.03. The van der Waals surface area contributed by atoms with Gasteiger partial charge in [0, 0.05) is 5.56 Å². The van der Waals surface area contributed by atoms with Crippen molar-refractivity contribution < 1.29 is 18.0 Å². The maximum Gasteiger partial charge on any atom is 0.265 e. The van der Waals surface area contributed by atoms with Crippen molar-refractivity contribution in [3.63, 3.8) is 0 Å². The van der Waals surface area contributed by atoms with Gasteiger partial charge < -0.3 is 0 Å². The highest BCUT2D eigenvalue weighted by molar-refractivity contribution is 6.33. The van der Waals surface area contributed by atoms with Crippen LogP contribution in [0.4, 0.5) is 13.2 Å². The van der Waals surface area contributed by atoms with Crippen LogP contribution in [0.25, 0.3) is 0 Å². The number of carbonyl (C=O) groups excluding carboxylic acids is 1. The summed E-state index contributed by atoms with van der Waals surface area (Å²) in [4.78, 5) is 10.3. The summed E-state index contributed by atoms with van der Waals surface area (Å²) in [6, 6.07) is 1.65. The lowest BCUT2D eigenvalue weighted by Gasteiger charge is -2.04. The predicted molar refractivity (Wildman–Crippen MR) is 41.8 cm³/mol. The molecule has 0 aliphatic carbocycles. The van der Waals surface area contributed by atoms with Gasteiger partial charge in [-0.3, -0.25) is 4.79 Å². The van der Waals surface area contributed by atoms with E-state index < -0.39 is 28.4 Å². The van der Waals surface area contributed by atoms with Crippen molar-refractivity contribution >= 4 is 17.9 Å². The maximum absolute atomic E-state index is 12.7. The first-order valence-electron chi connectivity index (χ1n) is 3.29. The normalized spacial score (nSPS) is 10.5. The second-order valence-electron chi connectivity index (χ2n) is 2.28. The lowest BCUT2D eigenvalue weighted by atomic mass is 10.1. The molecule has 13 heavy (non-hydrogen) atoms. The fourth-order valence-electron chi connectivity index (χ4n) is 0.863. The van der Waals surface area contributed by atoms with Crippen molar-refractivity contribution in [3.05, 3.63) is 34.1 Å². The Morgan fingerprint density at radius 2 is 2.00 bits per heavy atom. The summed E-state index contributed by atoms with van der Waals surface area (Å²) >= 11 is 5.36. The monoisotopic (exact) mass is 208 g/mol. The molecule has 1 aromatic carbocycles. The number of aldehydes is 1. The van der Waals surface area contributed by atoms with Crippen LogP contribution >= 0.6 is 11.6 Å². The maximum atomic E-state index is 12.7. The van der Waals surface area contributed by atoms with Gasteiger partial charge >= 0.3 is 0 Å². The minimum absolute atomic E-state index is 0.115. The van der Waals surface area contributed by atoms with Crippen LogP contribution in [0.3, 0.4) is 0 Å². The highest BCUT2D eigenvalue weighted by atomic mass is 35.5. The first kappa shape index (κ1) is 10.1. The summed E-state index contributed by atoms with van der Waals surface area (Å²) in [6.45, 7) is 0. The van der Waals surface area contributed by atoms with Crippen LogP contribution < -0.4 is 0 Å². The quantitative estimate of drug-likeness (QED) is 0.682. The van der Waals surface area contributed by atoms with E-state index in [0.29, 0.717) is 0 Å². The molecular formula is C8H4ClF3O. The molecule has 0 bridgehead atoms. The van der Waals surface area contributed by atoms with E-state index >= 15 is 0 Å². The molecule has 0 fully saturated rings. The summed E-state index contributed by atoms with van der Waals surface area (Å²) in [6.07, 6.45) is -2.70. The molecule has 1 nitrogen and oxygen atoms in total. The number of rotatable bonds is 2. The number of carbonyl (C=O) groups is 1. The van der Waals surface area contributed by atoms with Gasteiger partial charge in [-0.25, -0.2) is 13.2 Å². The van der Waals surface area contributed by atoms with Crippen molar-refractivity contribution in [3.8, 4) is 0 Å². The third-order valence-corrected chi connectivity index (χ3v) is 1.93. The van der Waals surface area contributed by atoms with Gasteiger partial charge in [0.05, 0.1) is 10.6 Å². The summed E-state index contributed by atoms with van der Waals surface area (Å²) in [5.41, 5.74) is -1.07. The van der Waals surface area contributed by atoms with E-state index in [2.05, 4.69) is 0 Å². The van der Waals surface area contributed by atoms with Crippen LogP contribution in [0.15, 0.2) is 12.1 Å². The molecule has 0 heterocycles. The molecule has 0 unspecified atom stereocenters. The highest BCUT2D eigenvalue weighted by Gasteiger charge is 2.17. The summed E-state index contributed by atoms with van der Waals surface area (Å²) < 4.78 is 37.0. The van der Waals surface area contributed by atoms with Gasteiger partial charge in [-0.05, 0) is 12.1 Å². The largest absolute Gasteiger partial charge is 0.298 e. The standard InChI is InChI=1S/C8H4ClF3O/c9-7-4(8(11)12)1-2-6(10)5(7)3-13/h1-3,8H. The number of halogens is 4. The average molecular weight is 209 g/mol. The zero-order valence-corrected chi connectivity index (χ0v) is 6.99. The fraction of sp³-hybridized carbons (Fsp3) is 0.125. The molecule has 0 aliphatic rings. The second-order valence-corrected chi connectivity index (χ2v) is 2.66. The van der Waals surface area contributed by atoms with Gasteiger partial charge in [0.2, 0.25) is 0 Å². The molecule has 0 N–H and O–H groups in total. The van der Waals surface area contributed by atoms with Crippen LogP contribution in [0.5, 0.6) is 0 Å². The Balaban J connectivity index is 3.35. The lowest BCUT2D eigenvalue weighted by Crippen LogP contribution is -1.95. The number of benzene rings is 1. The molecule has 0 aliphatic heterocycles. The van der Waals surface area contributed by atoms with E-state index in [1.807, 2.05) is 0 Å². The molecule has 0 saturated heterocycles. The van der Waals surface area contributed by atoms with Crippen molar-refractivity contribution in [1.82, 2.24) is 0 Å². The molecule has 0 radical (unpaired) electrons. The topological polar surface area (TPSA) is 17.1 Å². The zero-order chi connectivity index (χ0) is 10.0. The molecule has 0 atom stereocenters. The number of alkyl halides is 2. The van der Waals surface area contributed by atoms with E-state index in [1.54, 1.807) is 0 Å². The van der Waals surface area contributed by atoms with Crippen molar-refractivity contribution in [2.24, 2.45) is 0 Å². The summed E-state index contributed by atoms with van der Waals surface area (Å²) in [5, 5.41) is -0.523. The highest BCUT2D eigenvalue weighted by Crippen LogP contribution is 2.30.